The molecular weight excluding hydrogens is 256 g/mol. The van der Waals surface area contributed by atoms with Crippen LogP contribution >= 0.6 is 11.3 Å². The first-order valence-electron chi connectivity index (χ1n) is 5.30. The number of halogens is 2. The highest BCUT2D eigenvalue weighted by Crippen LogP contribution is 2.28. The average Bonchev–Trinajstić information content (AvgIpc) is 2.89. The number of imidazole rings is 1. The third kappa shape index (κ3) is 1.70. The molecule has 92 valence electrons. The first-order chi connectivity index (χ1) is 8.69. The molecule has 2 N–H and O–H groups in total. The number of nitrogens with zero attached hydrogens (tertiary/aromatic N) is 2. The molecule has 0 unspecified atom stereocenters. The lowest BCUT2D eigenvalue weighted by Crippen LogP contribution is -1.95. The maximum Gasteiger partial charge on any atom is 0.194 e. The first-order valence-corrected chi connectivity index (χ1v) is 6.18. The summed E-state index contributed by atoms with van der Waals surface area (Å²) in [5, 5.41) is 1.79. The summed E-state index contributed by atoms with van der Waals surface area (Å²) < 4.78 is 28.4. The van der Waals surface area contributed by atoms with Crippen molar-refractivity contribution in [3.8, 4) is 11.3 Å². The third-order valence-corrected chi connectivity index (χ3v) is 3.52. The summed E-state index contributed by atoms with van der Waals surface area (Å²) in [6.07, 6.45) is 1.77. The number of fused-ring (bicyclic) bond motifs is 1. The van der Waals surface area contributed by atoms with E-state index < -0.39 is 11.6 Å². The SMILES string of the molecule is NCc1cn2c(-c3ccc(F)cc3F)csc2n1. The van der Waals surface area contributed by atoms with Crippen LogP contribution in [0.3, 0.4) is 0 Å². The Hall–Kier alpha value is -1.79. The number of hydrogen-bond donors (Lipinski definition) is 1. The lowest BCUT2D eigenvalue weighted by Gasteiger charge is -2.01. The molecule has 0 radical (unpaired) electrons. The van der Waals surface area contributed by atoms with Gasteiger partial charge in [-0.05, 0) is 12.1 Å². The van der Waals surface area contributed by atoms with E-state index in [1.807, 2.05) is 0 Å². The molecule has 6 heteroatoms. The summed E-state index contributed by atoms with van der Waals surface area (Å²) in [6.45, 7) is 0.333. The number of benzene rings is 1. The van der Waals surface area contributed by atoms with Crippen molar-refractivity contribution in [1.82, 2.24) is 9.38 Å². The molecule has 0 saturated carbocycles. The monoisotopic (exact) mass is 265 g/mol. The molecule has 3 nitrogen and oxygen atoms in total. The van der Waals surface area contributed by atoms with E-state index in [9.17, 15) is 8.78 Å². The van der Waals surface area contributed by atoms with E-state index in [-0.39, 0.29) is 0 Å². The summed E-state index contributed by atoms with van der Waals surface area (Å²) in [4.78, 5) is 5.03. The van der Waals surface area contributed by atoms with Gasteiger partial charge in [0.15, 0.2) is 4.96 Å². The second kappa shape index (κ2) is 4.15. The smallest absolute Gasteiger partial charge is 0.194 e. The van der Waals surface area contributed by atoms with Gasteiger partial charge in [0.25, 0.3) is 0 Å². The van der Waals surface area contributed by atoms with Gasteiger partial charge < -0.3 is 5.73 Å². The number of nitrogens with two attached hydrogens (primary N) is 1. The molecule has 1 aromatic carbocycles. The van der Waals surface area contributed by atoms with Gasteiger partial charge in [-0.3, -0.25) is 4.40 Å². The lowest BCUT2D eigenvalue weighted by molar-refractivity contribution is 0.585. The fourth-order valence-corrected chi connectivity index (χ4v) is 2.71. The topological polar surface area (TPSA) is 43.3 Å². The number of rotatable bonds is 2. The van der Waals surface area contributed by atoms with E-state index in [0.29, 0.717) is 17.8 Å². The summed E-state index contributed by atoms with van der Waals surface area (Å²) in [5.74, 6) is -1.17. The van der Waals surface area contributed by atoms with E-state index in [0.717, 1.165) is 16.7 Å². The lowest BCUT2D eigenvalue weighted by atomic mass is 10.1. The second-order valence-corrected chi connectivity index (χ2v) is 4.67. The highest BCUT2D eigenvalue weighted by molar-refractivity contribution is 7.15. The molecule has 0 amide bonds. The molecule has 3 aromatic rings. The molecule has 0 spiro atoms. The zero-order valence-corrected chi connectivity index (χ0v) is 10.0. The van der Waals surface area contributed by atoms with Crippen LogP contribution in [0.4, 0.5) is 8.78 Å². The van der Waals surface area contributed by atoms with E-state index in [1.165, 1.54) is 23.5 Å². The standard InChI is InChI=1S/C12H9F2N3S/c13-7-1-2-9(10(14)3-7)11-6-18-12-16-8(4-15)5-17(11)12/h1-3,5-6H,4,15H2. The van der Waals surface area contributed by atoms with Gasteiger partial charge in [-0.25, -0.2) is 13.8 Å². The Morgan fingerprint density at radius 2 is 2.17 bits per heavy atom. The molecule has 0 aliphatic heterocycles. The van der Waals surface area contributed by atoms with Gasteiger partial charge in [-0.2, -0.15) is 0 Å². The Bertz CT molecular complexity index is 717. The molecule has 0 aliphatic carbocycles. The third-order valence-electron chi connectivity index (χ3n) is 2.68. The maximum atomic E-state index is 13.7. The second-order valence-electron chi connectivity index (χ2n) is 3.83. The fourth-order valence-electron chi connectivity index (χ4n) is 1.82. The zero-order valence-electron chi connectivity index (χ0n) is 9.23. The Labute approximate surface area is 106 Å². The minimum atomic E-state index is -0.587. The normalized spacial score (nSPS) is 11.3. The van der Waals surface area contributed by atoms with Gasteiger partial charge in [0.05, 0.1) is 11.4 Å². The largest absolute Gasteiger partial charge is 0.325 e. The number of hydrogen-bond acceptors (Lipinski definition) is 3. The molecule has 3 rings (SSSR count). The minimum Gasteiger partial charge on any atom is -0.325 e. The van der Waals surface area contributed by atoms with Crippen LogP contribution in [0.1, 0.15) is 5.69 Å². The van der Waals surface area contributed by atoms with Gasteiger partial charge in [0, 0.05) is 29.8 Å². The van der Waals surface area contributed by atoms with Crippen molar-refractivity contribution in [2.75, 3.05) is 0 Å². The van der Waals surface area contributed by atoms with Crippen LogP contribution < -0.4 is 5.73 Å². The van der Waals surface area contributed by atoms with Crippen LogP contribution in [-0.4, -0.2) is 9.38 Å². The quantitative estimate of drug-likeness (QED) is 0.774. The van der Waals surface area contributed by atoms with Crippen molar-refractivity contribution in [3.05, 3.63) is 47.1 Å². The van der Waals surface area contributed by atoms with Gasteiger partial charge in [0.1, 0.15) is 11.6 Å². The molecular formula is C12H9F2N3S. The van der Waals surface area contributed by atoms with Gasteiger partial charge >= 0.3 is 0 Å². The minimum absolute atomic E-state index is 0.333. The van der Waals surface area contributed by atoms with E-state index >= 15 is 0 Å². The van der Waals surface area contributed by atoms with Crippen LogP contribution in [0.25, 0.3) is 16.2 Å². The Morgan fingerprint density at radius 1 is 1.33 bits per heavy atom. The number of thiazole rings is 1. The van der Waals surface area contributed by atoms with Crippen molar-refractivity contribution in [1.29, 1.82) is 0 Å². The van der Waals surface area contributed by atoms with Gasteiger partial charge in [-0.15, -0.1) is 11.3 Å². The fraction of sp³-hybridized carbons (Fsp3) is 0.0833. The Morgan fingerprint density at radius 3 is 2.89 bits per heavy atom. The summed E-state index contributed by atoms with van der Waals surface area (Å²) >= 11 is 1.39. The van der Waals surface area contributed by atoms with Crippen LogP contribution in [0.15, 0.2) is 29.8 Å². The van der Waals surface area contributed by atoms with Crippen LogP contribution in [-0.2, 0) is 6.54 Å². The van der Waals surface area contributed by atoms with Gasteiger partial charge in [-0.1, -0.05) is 0 Å². The molecule has 0 bridgehead atoms. The predicted octanol–water partition coefficient (Wildman–Crippen LogP) is 2.80. The average molecular weight is 265 g/mol. The van der Waals surface area contributed by atoms with E-state index in [4.69, 9.17) is 5.73 Å². The Balaban J connectivity index is 2.21. The highest BCUT2D eigenvalue weighted by atomic mass is 32.1. The van der Waals surface area contributed by atoms with Crippen molar-refractivity contribution in [2.45, 2.75) is 6.54 Å². The molecule has 0 fully saturated rings. The summed E-state index contributed by atoms with van der Waals surface area (Å²) in [6, 6.07) is 3.54. The van der Waals surface area contributed by atoms with E-state index in [2.05, 4.69) is 4.98 Å². The van der Waals surface area contributed by atoms with Crippen LogP contribution in [0.5, 0.6) is 0 Å². The maximum absolute atomic E-state index is 13.7. The molecule has 0 aliphatic rings. The number of aromatic nitrogens is 2. The molecule has 2 aromatic heterocycles. The Kier molecular flexibility index (Phi) is 2.61. The summed E-state index contributed by atoms with van der Waals surface area (Å²) in [7, 11) is 0. The highest BCUT2D eigenvalue weighted by Gasteiger charge is 2.13. The van der Waals surface area contributed by atoms with Crippen LogP contribution in [0, 0.1) is 11.6 Å². The first kappa shape index (κ1) is 11.3. The molecule has 2 heterocycles. The van der Waals surface area contributed by atoms with Crippen molar-refractivity contribution in [2.24, 2.45) is 5.73 Å². The van der Waals surface area contributed by atoms with Crippen molar-refractivity contribution < 1.29 is 8.78 Å². The molecule has 18 heavy (non-hydrogen) atoms. The van der Waals surface area contributed by atoms with Crippen molar-refractivity contribution >= 4 is 16.3 Å². The molecule has 0 atom stereocenters. The summed E-state index contributed by atoms with van der Waals surface area (Å²) in [5.41, 5.74) is 7.26. The van der Waals surface area contributed by atoms with Crippen LogP contribution in [0.2, 0.25) is 0 Å². The van der Waals surface area contributed by atoms with Crippen molar-refractivity contribution in [3.63, 3.8) is 0 Å². The van der Waals surface area contributed by atoms with E-state index in [1.54, 1.807) is 16.0 Å². The zero-order chi connectivity index (χ0) is 12.7. The van der Waals surface area contributed by atoms with Gasteiger partial charge in [0.2, 0.25) is 0 Å². The molecule has 0 saturated heterocycles. The predicted molar refractivity (Wildman–Crippen MR) is 66.3 cm³/mol.